The number of nitrogens with zero attached hydrogens (tertiary/aromatic N) is 3. The zero-order valence-corrected chi connectivity index (χ0v) is 22.8. The number of hydrogen-bond donors (Lipinski definition) is 1. The molecule has 0 atom stereocenters. The van der Waals surface area contributed by atoms with Gasteiger partial charge in [0.25, 0.3) is 11.5 Å². The molecule has 1 aliphatic rings. The van der Waals surface area contributed by atoms with Gasteiger partial charge in [-0.2, -0.15) is 0 Å². The van der Waals surface area contributed by atoms with E-state index in [1.54, 1.807) is 53.8 Å². The minimum Gasteiger partial charge on any atom is -0.353 e. The maximum Gasteiger partial charge on any atom is 0.271 e. The van der Waals surface area contributed by atoms with Gasteiger partial charge in [0, 0.05) is 42.4 Å². The first kappa shape index (κ1) is 26.9. The summed E-state index contributed by atoms with van der Waals surface area (Å²) in [4.78, 5) is 33.1. The number of nitrogens with one attached hydrogen (secondary N) is 1. The monoisotopic (exact) mass is 564 g/mol. The lowest BCUT2D eigenvalue weighted by atomic mass is 9.89. The van der Waals surface area contributed by atoms with Gasteiger partial charge in [0.1, 0.15) is 10.8 Å². The van der Waals surface area contributed by atoms with E-state index in [4.69, 9.17) is 23.2 Å². The van der Waals surface area contributed by atoms with Gasteiger partial charge in [-0.25, -0.2) is 4.39 Å². The van der Waals surface area contributed by atoms with Crippen LogP contribution in [0.25, 0.3) is 0 Å². The van der Waals surface area contributed by atoms with Crippen LogP contribution in [-0.4, -0.2) is 33.4 Å². The highest BCUT2D eigenvalue weighted by Gasteiger charge is 2.28. The smallest absolute Gasteiger partial charge is 0.271 e. The van der Waals surface area contributed by atoms with Crippen molar-refractivity contribution >= 4 is 40.5 Å². The Morgan fingerprint density at radius 2 is 1.85 bits per heavy atom. The highest BCUT2D eigenvalue weighted by atomic mass is 35.5. The molecular formula is C30H27Cl2FN4O2. The quantitative estimate of drug-likeness (QED) is 0.279. The second-order valence-corrected chi connectivity index (χ2v) is 10.5. The van der Waals surface area contributed by atoms with Crippen molar-refractivity contribution in [1.29, 1.82) is 0 Å². The first-order valence-electron chi connectivity index (χ1n) is 12.7. The molecule has 39 heavy (non-hydrogen) atoms. The number of pyridine rings is 2. The summed E-state index contributed by atoms with van der Waals surface area (Å²) >= 11 is 12.9. The van der Waals surface area contributed by atoms with Gasteiger partial charge in [0.15, 0.2) is 0 Å². The van der Waals surface area contributed by atoms with Crippen LogP contribution in [0.15, 0.2) is 78.0 Å². The Labute approximate surface area is 236 Å². The summed E-state index contributed by atoms with van der Waals surface area (Å²) in [5, 5.41) is 3.65. The summed E-state index contributed by atoms with van der Waals surface area (Å²) in [5.41, 5.74) is 3.53. The van der Waals surface area contributed by atoms with Crippen molar-refractivity contribution in [2.45, 2.75) is 32.2 Å². The van der Waals surface area contributed by atoms with Crippen LogP contribution in [0, 0.1) is 12.7 Å². The third-order valence-corrected chi connectivity index (χ3v) is 7.70. The number of carbonyl (C=O) groups is 1. The van der Waals surface area contributed by atoms with Crippen LogP contribution < -0.4 is 10.9 Å². The fourth-order valence-electron chi connectivity index (χ4n) is 4.91. The predicted molar refractivity (Wildman–Crippen MR) is 153 cm³/mol. The number of aryl methyl sites for hydroxylation is 1. The summed E-state index contributed by atoms with van der Waals surface area (Å²) in [6.07, 6.45) is 6.39. The molecule has 0 bridgehead atoms. The number of amides is 1. The topological polar surface area (TPSA) is 67.2 Å². The molecule has 9 heteroatoms. The van der Waals surface area contributed by atoms with E-state index < -0.39 is 5.56 Å². The summed E-state index contributed by atoms with van der Waals surface area (Å²) in [5.74, 6) is -0.249. The highest BCUT2D eigenvalue weighted by molar-refractivity contribution is 6.34. The van der Waals surface area contributed by atoms with E-state index in [2.05, 4.69) is 10.3 Å². The summed E-state index contributed by atoms with van der Waals surface area (Å²) in [6.45, 7) is 3.17. The number of piperidine rings is 1. The molecule has 0 radical (unpaired) electrons. The molecule has 1 aliphatic heterocycles. The van der Waals surface area contributed by atoms with Gasteiger partial charge in [-0.15, -0.1) is 0 Å². The van der Waals surface area contributed by atoms with Gasteiger partial charge < -0.3 is 14.8 Å². The molecule has 0 aliphatic carbocycles. The van der Waals surface area contributed by atoms with Gasteiger partial charge in [-0.3, -0.25) is 14.6 Å². The van der Waals surface area contributed by atoms with E-state index >= 15 is 0 Å². The first-order chi connectivity index (χ1) is 18.8. The third kappa shape index (κ3) is 6.00. The second-order valence-electron chi connectivity index (χ2n) is 9.73. The van der Waals surface area contributed by atoms with Crippen molar-refractivity contribution in [1.82, 2.24) is 14.5 Å². The van der Waals surface area contributed by atoms with Crippen LogP contribution >= 0.6 is 23.2 Å². The summed E-state index contributed by atoms with van der Waals surface area (Å²) in [6, 6.07) is 15.6. The molecule has 6 nitrogen and oxygen atoms in total. The highest BCUT2D eigenvalue weighted by Crippen LogP contribution is 2.33. The van der Waals surface area contributed by atoms with Crippen LogP contribution in [0.5, 0.6) is 0 Å². The SMILES string of the molecule is Cc1ccc(Cl)cc1Nc1c(C(=O)N2CCC(c3ccc(F)cc3)CC2)cn(Cc2cccnc2)c(=O)c1Cl. The van der Waals surface area contributed by atoms with Crippen LogP contribution in [0.2, 0.25) is 10.0 Å². The molecule has 5 rings (SSSR count). The summed E-state index contributed by atoms with van der Waals surface area (Å²) < 4.78 is 14.8. The zero-order valence-electron chi connectivity index (χ0n) is 21.3. The Hall–Kier alpha value is -3.68. The van der Waals surface area contributed by atoms with Crippen molar-refractivity contribution in [2.24, 2.45) is 0 Å². The molecule has 1 saturated heterocycles. The number of anilines is 2. The molecule has 0 saturated carbocycles. The fourth-order valence-corrected chi connectivity index (χ4v) is 5.33. The molecule has 2 aromatic carbocycles. The van der Waals surface area contributed by atoms with Crippen LogP contribution in [0.1, 0.15) is 45.8 Å². The standard InChI is InChI=1S/C30H27Cl2FN4O2/c1-19-4-7-23(31)15-26(19)35-28-25(18-37(30(39)27(28)32)17-20-3-2-12-34-16-20)29(38)36-13-10-22(11-14-36)21-5-8-24(33)9-6-21/h2-9,12,15-16,18,22,35H,10-11,13-14,17H2,1H3. The fraction of sp³-hybridized carbons (Fsp3) is 0.233. The molecule has 4 aromatic rings. The van der Waals surface area contributed by atoms with Crippen molar-refractivity contribution in [3.8, 4) is 0 Å². The number of likely N-dealkylation sites (tertiary alicyclic amines) is 1. The molecule has 1 amide bonds. The number of hydrogen-bond acceptors (Lipinski definition) is 4. The Balaban J connectivity index is 1.48. The molecule has 0 unspecified atom stereocenters. The number of aromatic nitrogens is 2. The Kier molecular flexibility index (Phi) is 8.00. The van der Waals surface area contributed by atoms with E-state index in [-0.39, 0.29) is 34.9 Å². The van der Waals surface area contributed by atoms with E-state index in [0.717, 1.165) is 29.5 Å². The van der Waals surface area contributed by atoms with Crippen LogP contribution in [-0.2, 0) is 6.54 Å². The molecule has 0 spiro atoms. The lowest BCUT2D eigenvalue weighted by Crippen LogP contribution is -2.39. The third-order valence-electron chi connectivity index (χ3n) is 7.11. The Morgan fingerprint density at radius 3 is 2.54 bits per heavy atom. The van der Waals surface area contributed by atoms with Gasteiger partial charge in [-0.1, -0.05) is 47.5 Å². The van der Waals surface area contributed by atoms with E-state index in [9.17, 15) is 14.0 Å². The number of halogens is 3. The average molecular weight is 565 g/mol. The molecular weight excluding hydrogens is 538 g/mol. The zero-order chi connectivity index (χ0) is 27.5. The molecule has 3 heterocycles. The number of benzene rings is 2. The van der Waals surface area contributed by atoms with Crippen molar-refractivity contribution in [3.63, 3.8) is 0 Å². The minimum absolute atomic E-state index is 0.0784. The largest absolute Gasteiger partial charge is 0.353 e. The van der Waals surface area contributed by atoms with Gasteiger partial charge in [0.2, 0.25) is 0 Å². The lowest BCUT2D eigenvalue weighted by Gasteiger charge is -2.33. The van der Waals surface area contributed by atoms with Crippen molar-refractivity contribution in [2.75, 3.05) is 18.4 Å². The molecule has 2 aromatic heterocycles. The normalized spacial score (nSPS) is 13.9. The van der Waals surface area contributed by atoms with E-state index in [1.165, 1.54) is 16.7 Å². The van der Waals surface area contributed by atoms with Crippen molar-refractivity contribution < 1.29 is 9.18 Å². The Bertz CT molecular complexity index is 1550. The predicted octanol–water partition coefficient (Wildman–Crippen LogP) is 6.81. The average Bonchev–Trinajstić information content (AvgIpc) is 2.95. The van der Waals surface area contributed by atoms with Gasteiger partial charge in [-0.05, 0) is 72.7 Å². The van der Waals surface area contributed by atoms with Crippen molar-refractivity contribution in [3.05, 3.63) is 122 Å². The van der Waals surface area contributed by atoms with Gasteiger partial charge >= 0.3 is 0 Å². The minimum atomic E-state index is -0.422. The van der Waals surface area contributed by atoms with E-state index in [1.807, 2.05) is 19.1 Å². The molecule has 1 N–H and O–H groups in total. The van der Waals surface area contributed by atoms with Gasteiger partial charge in [0.05, 0.1) is 17.8 Å². The molecule has 1 fully saturated rings. The number of rotatable bonds is 6. The van der Waals surface area contributed by atoms with Crippen LogP contribution in [0.4, 0.5) is 15.8 Å². The first-order valence-corrected chi connectivity index (χ1v) is 13.5. The lowest BCUT2D eigenvalue weighted by molar-refractivity contribution is 0.0713. The number of carbonyl (C=O) groups excluding carboxylic acids is 1. The second kappa shape index (κ2) is 11.6. The van der Waals surface area contributed by atoms with Crippen LogP contribution in [0.3, 0.4) is 0 Å². The summed E-state index contributed by atoms with van der Waals surface area (Å²) in [7, 11) is 0. The maximum atomic E-state index is 13.9. The van der Waals surface area contributed by atoms with E-state index in [0.29, 0.717) is 29.4 Å². The maximum absolute atomic E-state index is 13.9. The molecule has 200 valence electrons. The Morgan fingerprint density at radius 1 is 1.10 bits per heavy atom.